The third-order valence-electron chi connectivity index (χ3n) is 7.98. The van der Waals surface area contributed by atoms with Crippen LogP contribution in [0, 0.1) is 30.0 Å². The normalized spacial score (nSPS) is 25.8. The maximum absolute atomic E-state index is 13.8. The number of hydrogen-bond acceptors (Lipinski definition) is 2. The van der Waals surface area contributed by atoms with E-state index >= 15 is 0 Å². The van der Waals surface area contributed by atoms with E-state index < -0.39 is 5.54 Å². The monoisotopic (exact) mass is 427 g/mol. The number of amides is 1. The first-order valence-corrected chi connectivity index (χ1v) is 12.4. The highest BCUT2D eigenvalue weighted by Gasteiger charge is 2.50. The van der Waals surface area contributed by atoms with Crippen LogP contribution in [0.3, 0.4) is 0 Å². The van der Waals surface area contributed by atoms with Crippen LogP contribution in [0.1, 0.15) is 94.6 Å². The van der Waals surface area contributed by atoms with Gasteiger partial charge in [-0.3, -0.25) is 15.1 Å². The third kappa shape index (κ3) is 5.12. The van der Waals surface area contributed by atoms with E-state index in [1.54, 1.807) is 11.0 Å². The first kappa shape index (κ1) is 22.3. The minimum atomic E-state index is -0.634. The molecule has 0 unspecified atom stereocenters. The van der Waals surface area contributed by atoms with Gasteiger partial charge in [-0.25, -0.2) is 4.39 Å². The lowest BCUT2D eigenvalue weighted by Gasteiger charge is -2.34. The highest BCUT2D eigenvalue weighted by atomic mass is 19.1. The Morgan fingerprint density at radius 3 is 2.35 bits per heavy atom. The SMILES string of the molecule is Cc1cc(F)ccc1CN1C(=N)N[C@](CCC2CCCCC2)(CC2CCCCC2)C1=O. The van der Waals surface area contributed by atoms with Gasteiger partial charge >= 0.3 is 0 Å². The Labute approximate surface area is 186 Å². The van der Waals surface area contributed by atoms with Crippen molar-refractivity contribution in [3.8, 4) is 0 Å². The minimum absolute atomic E-state index is 0.0580. The molecular formula is C26H38FN3O. The topological polar surface area (TPSA) is 56.2 Å². The first-order chi connectivity index (χ1) is 15.0. The van der Waals surface area contributed by atoms with Crippen LogP contribution in [0.5, 0.6) is 0 Å². The van der Waals surface area contributed by atoms with E-state index in [1.807, 2.05) is 6.92 Å². The van der Waals surface area contributed by atoms with Crippen LogP contribution in [-0.2, 0) is 11.3 Å². The van der Waals surface area contributed by atoms with Crippen LogP contribution in [-0.4, -0.2) is 22.3 Å². The van der Waals surface area contributed by atoms with Crippen LogP contribution in [0.15, 0.2) is 18.2 Å². The zero-order chi connectivity index (χ0) is 21.8. The molecule has 4 nitrogen and oxygen atoms in total. The maximum atomic E-state index is 13.8. The molecular weight excluding hydrogens is 389 g/mol. The quantitative estimate of drug-likeness (QED) is 0.555. The molecule has 31 heavy (non-hydrogen) atoms. The zero-order valence-corrected chi connectivity index (χ0v) is 19.0. The summed E-state index contributed by atoms with van der Waals surface area (Å²) >= 11 is 0. The van der Waals surface area contributed by atoms with Crippen molar-refractivity contribution >= 4 is 11.9 Å². The number of guanidine groups is 1. The van der Waals surface area contributed by atoms with Crippen LogP contribution in [0.25, 0.3) is 0 Å². The number of carbonyl (C=O) groups is 1. The average molecular weight is 428 g/mol. The second-order valence-corrected chi connectivity index (χ2v) is 10.3. The van der Waals surface area contributed by atoms with Gasteiger partial charge in [0.25, 0.3) is 5.91 Å². The van der Waals surface area contributed by atoms with Gasteiger partial charge in [0.1, 0.15) is 11.4 Å². The maximum Gasteiger partial charge on any atom is 0.255 e. The fraction of sp³-hybridized carbons (Fsp3) is 0.692. The summed E-state index contributed by atoms with van der Waals surface area (Å²) in [6.07, 6.45) is 15.5. The molecule has 0 aromatic heterocycles. The number of nitrogens with zero attached hydrogens (tertiary/aromatic N) is 1. The molecule has 0 radical (unpaired) electrons. The van der Waals surface area contributed by atoms with E-state index in [4.69, 9.17) is 5.41 Å². The van der Waals surface area contributed by atoms with E-state index in [2.05, 4.69) is 5.32 Å². The van der Waals surface area contributed by atoms with Crippen molar-refractivity contribution in [2.24, 2.45) is 11.8 Å². The summed E-state index contributed by atoms with van der Waals surface area (Å²) in [6.45, 7) is 2.21. The molecule has 1 aliphatic heterocycles. The molecule has 1 amide bonds. The molecule has 1 atom stereocenters. The van der Waals surface area contributed by atoms with Gasteiger partial charge in [-0.2, -0.15) is 0 Å². The minimum Gasteiger partial charge on any atom is -0.342 e. The van der Waals surface area contributed by atoms with Gasteiger partial charge < -0.3 is 5.32 Å². The van der Waals surface area contributed by atoms with Crippen molar-refractivity contribution in [2.45, 2.75) is 102 Å². The molecule has 5 heteroatoms. The number of carbonyl (C=O) groups excluding carboxylic acids is 1. The summed E-state index contributed by atoms with van der Waals surface area (Å²) in [5.74, 6) is 1.29. The second kappa shape index (κ2) is 9.70. The van der Waals surface area contributed by atoms with Gasteiger partial charge in [0, 0.05) is 0 Å². The second-order valence-electron chi connectivity index (χ2n) is 10.3. The summed E-state index contributed by atoms with van der Waals surface area (Å²) in [6, 6.07) is 4.69. The lowest BCUT2D eigenvalue weighted by atomic mass is 9.75. The van der Waals surface area contributed by atoms with Gasteiger partial charge in [-0.05, 0) is 61.3 Å². The van der Waals surface area contributed by atoms with Crippen molar-refractivity contribution in [2.75, 3.05) is 0 Å². The number of hydrogen-bond donors (Lipinski definition) is 2. The largest absolute Gasteiger partial charge is 0.342 e. The standard InChI is InChI=1S/C26H38FN3O/c1-19-16-23(27)13-12-22(19)18-30-24(31)26(29-25(30)28,17-21-10-6-3-7-11-21)15-14-20-8-4-2-5-9-20/h12-13,16,20-21H,2-11,14-15,17-18H2,1H3,(H2,28,29)/t26-/m1/s1. The van der Waals surface area contributed by atoms with Gasteiger partial charge in [0.05, 0.1) is 6.54 Å². The Hall–Kier alpha value is -1.91. The number of rotatable bonds is 7. The van der Waals surface area contributed by atoms with Crippen molar-refractivity contribution in [3.05, 3.63) is 35.1 Å². The Morgan fingerprint density at radius 1 is 1.06 bits per heavy atom. The number of halogens is 1. The summed E-state index contributed by atoms with van der Waals surface area (Å²) in [4.78, 5) is 15.4. The Bertz CT molecular complexity index is 798. The first-order valence-electron chi connectivity index (χ1n) is 12.4. The van der Waals surface area contributed by atoms with Crippen molar-refractivity contribution in [1.82, 2.24) is 10.2 Å². The van der Waals surface area contributed by atoms with Crippen LogP contribution in [0.2, 0.25) is 0 Å². The number of nitrogens with one attached hydrogen (secondary N) is 2. The Balaban J connectivity index is 1.52. The van der Waals surface area contributed by atoms with Crippen LogP contribution >= 0.6 is 0 Å². The van der Waals surface area contributed by atoms with Gasteiger partial charge in [0.15, 0.2) is 5.96 Å². The Morgan fingerprint density at radius 2 is 1.71 bits per heavy atom. The zero-order valence-electron chi connectivity index (χ0n) is 19.0. The summed E-state index contributed by atoms with van der Waals surface area (Å²) < 4.78 is 13.5. The third-order valence-corrected chi connectivity index (χ3v) is 7.98. The summed E-state index contributed by atoms with van der Waals surface area (Å²) in [7, 11) is 0. The predicted octanol–water partition coefficient (Wildman–Crippen LogP) is 6.07. The molecule has 3 aliphatic rings. The smallest absolute Gasteiger partial charge is 0.255 e. The highest BCUT2D eigenvalue weighted by molar-refractivity contribution is 6.07. The molecule has 1 aromatic carbocycles. The number of benzene rings is 1. The molecule has 0 spiro atoms. The van der Waals surface area contributed by atoms with Crippen molar-refractivity contribution in [3.63, 3.8) is 0 Å². The molecule has 2 aliphatic carbocycles. The van der Waals surface area contributed by atoms with Gasteiger partial charge in [-0.15, -0.1) is 0 Å². The molecule has 2 saturated carbocycles. The van der Waals surface area contributed by atoms with E-state index in [-0.39, 0.29) is 17.7 Å². The average Bonchev–Trinajstić information content (AvgIpc) is 3.00. The molecule has 0 bridgehead atoms. The summed E-state index contributed by atoms with van der Waals surface area (Å²) in [5.41, 5.74) is 1.10. The van der Waals surface area contributed by atoms with Crippen LogP contribution < -0.4 is 5.32 Å². The molecule has 3 fully saturated rings. The van der Waals surface area contributed by atoms with Crippen molar-refractivity contribution in [1.29, 1.82) is 5.41 Å². The molecule has 1 aromatic rings. The Kier molecular flexibility index (Phi) is 6.98. The molecule has 2 N–H and O–H groups in total. The van der Waals surface area contributed by atoms with Gasteiger partial charge in [-0.1, -0.05) is 70.3 Å². The highest BCUT2D eigenvalue weighted by Crippen LogP contribution is 2.39. The lowest BCUT2D eigenvalue weighted by molar-refractivity contribution is -0.132. The van der Waals surface area contributed by atoms with E-state index in [9.17, 15) is 9.18 Å². The van der Waals surface area contributed by atoms with E-state index in [1.165, 1.54) is 76.3 Å². The molecule has 170 valence electrons. The number of aryl methyl sites for hydroxylation is 1. The fourth-order valence-corrected chi connectivity index (χ4v) is 6.09. The van der Waals surface area contributed by atoms with Gasteiger partial charge in [0.2, 0.25) is 0 Å². The predicted molar refractivity (Wildman–Crippen MR) is 122 cm³/mol. The van der Waals surface area contributed by atoms with Crippen LogP contribution in [0.4, 0.5) is 4.39 Å². The summed E-state index contributed by atoms with van der Waals surface area (Å²) in [5, 5.41) is 12.0. The van der Waals surface area contributed by atoms with E-state index in [0.717, 1.165) is 30.4 Å². The molecule has 1 saturated heterocycles. The lowest BCUT2D eigenvalue weighted by Crippen LogP contribution is -2.49. The fourth-order valence-electron chi connectivity index (χ4n) is 6.09. The molecule has 4 rings (SSSR count). The molecule has 1 heterocycles. The van der Waals surface area contributed by atoms with E-state index in [0.29, 0.717) is 18.4 Å². The van der Waals surface area contributed by atoms with Crippen molar-refractivity contribution < 1.29 is 9.18 Å².